The monoisotopic (exact) mass is 247 g/mol. The van der Waals surface area contributed by atoms with Gasteiger partial charge >= 0.3 is 0 Å². The first-order chi connectivity index (χ1) is 8.70. The number of nitrogens with zero attached hydrogens (tertiary/aromatic N) is 1. The highest BCUT2D eigenvalue weighted by Crippen LogP contribution is 2.17. The molecule has 18 heavy (non-hydrogen) atoms. The SMILES string of the molecule is NCC(CC(N)=O)N1CCc2ccccc2CC1. The minimum absolute atomic E-state index is 0.0804. The van der Waals surface area contributed by atoms with Crippen molar-refractivity contribution in [2.45, 2.75) is 25.3 Å². The standard InChI is InChI=1S/C14H21N3O/c15-10-13(9-14(16)18)17-7-5-11-3-1-2-4-12(11)6-8-17/h1-4,13H,5-10,15H2,(H2,16,18). The summed E-state index contributed by atoms with van der Waals surface area (Å²) in [5.41, 5.74) is 13.9. The highest BCUT2D eigenvalue weighted by molar-refractivity contribution is 5.74. The van der Waals surface area contributed by atoms with Crippen LogP contribution in [0.25, 0.3) is 0 Å². The van der Waals surface area contributed by atoms with E-state index >= 15 is 0 Å². The molecule has 4 nitrogen and oxygen atoms in total. The zero-order valence-corrected chi connectivity index (χ0v) is 10.6. The van der Waals surface area contributed by atoms with E-state index in [1.807, 2.05) is 0 Å². The molecule has 0 aliphatic carbocycles. The third-order valence-corrected chi connectivity index (χ3v) is 3.68. The smallest absolute Gasteiger partial charge is 0.219 e. The van der Waals surface area contributed by atoms with Crippen molar-refractivity contribution in [2.24, 2.45) is 11.5 Å². The number of nitrogens with two attached hydrogens (primary N) is 2. The third kappa shape index (κ3) is 3.09. The van der Waals surface area contributed by atoms with E-state index < -0.39 is 0 Å². The fraction of sp³-hybridized carbons (Fsp3) is 0.500. The Morgan fingerprint density at radius 1 is 1.22 bits per heavy atom. The minimum Gasteiger partial charge on any atom is -0.370 e. The summed E-state index contributed by atoms with van der Waals surface area (Å²) in [7, 11) is 0. The first kappa shape index (κ1) is 13.1. The van der Waals surface area contributed by atoms with Crippen LogP contribution < -0.4 is 11.5 Å². The van der Waals surface area contributed by atoms with Crippen LogP contribution in [0.15, 0.2) is 24.3 Å². The molecule has 1 aromatic carbocycles. The molecule has 0 saturated carbocycles. The summed E-state index contributed by atoms with van der Waals surface area (Å²) >= 11 is 0. The normalized spacial score (nSPS) is 17.8. The van der Waals surface area contributed by atoms with E-state index in [9.17, 15) is 4.79 Å². The molecule has 0 bridgehead atoms. The van der Waals surface area contributed by atoms with Crippen LogP contribution in [0, 0.1) is 0 Å². The Morgan fingerprint density at radius 3 is 2.22 bits per heavy atom. The molecule has 1 aliphatic rings. The van der Waals surface area contributed by atoms with Crippen LogP contribution in [0.4, 0.5) is 0 Å². The number of rotatable bonds is 4. The third-order valence-electron chi connectivity index (χ3n) is 3.68. The molecule has 0 spiro atoms. The Morgan fingerprint density at radius 2 is 1.78 bits per heavy atom. The highest BCUT2D eigenvalue weighted by Gasteiger charge is 2.21. The molecule has 4 heteroatoms. The molecule has 98 valence electrons. The highest BCUT2D eigenvalue weighted by atomic mass is 16.1. The summed E-state index contributed by atoms with van der Waals surface area (Å²) in [6.45, 7) is 2.39. The minimum atomic E-state index is -0.271. The Labute approximate surface area is 108 Å². The van der Waals surface area contributed by atoms with Gasteiger partial charge in [0.25, 0.3) is 0 Å². The number of hydrogen-bond donors (Lipinski definition) is 2. The number of carbonyl (C=O) groups excluding carboxylic acids is 1. The van der Waals surface area contributed by atoms with Crippen LogP contribution in [0.2, 0.25) is 0 Å². The summed E-state index contributed by atoms with van der Waals surface area (Å²) in [4.78, 5) is 13.4. The molecule has 1 aromatic rings. The average molecular weight is 247 g/mol. The molecule has 4 N–H and O–H groups in total. The van der Waals surface area contributed by atoms with Gasteiger partial charge in [0.05, 0.1) is 0 Å². The molecule has 0 fully saturated rings. The molecular formula is C14H21N3O. The second kappa shape index (κ2) is 5.98. The Hall–Kier alpha value is -1.39. The second-order valence-corrected chi connectivity index (χ2v) is 4.86. The van der Waals surface area contributed by atoms with Crippen LogP contribution in [0.1, 0.15) is 17.5 Å². The van der Waals surface area contributed by atoms with Crippen molar-refractivity contribution in [1.29, 1.82) is 0 Å². The van der Waals surface area contributed by atoms with Gasteiger partial charge in [-0.15, -0.1) is 0 Å². The molecule has 1 atom stereocenters. The fourth-order valence-corrected chi connectivity index (χ4v) is 2.64. The van der Waals surface area contributed by atoms with E-state index in [0.717, 1.165) is 25.9 Å². The van der Waals surface area contributed by atoms with E-state index in [0.29, 0.717) is 13.0 Å². The van der Waals surface area contributed by atoms with E-state index in [4.69, 9.17) is 11.5 Å². The summed E-state index contributed by atoms with van der Waals surface area (Å²) in [6, 6.07) is 8.61. The lowest BCUT2D eigenvalue weighted by Gasteiger charge is -2.28. The quantitative estimate of drug-likeness (QED) is 0.803. The van der Waals surface area contributed by atoms with E-state index in [2.05, 4.69) is 29.2 Å². The number of carbonyl (C=O) groups is 1. The lowest BCUT2D eigenvalue weighted by molar-refractivity contribution is -0.119. The average Bonchev–Trinajstić information content (AvgIpc) is 2.58. The van der Waals surface area contributed by atoms with Crippen LogP contribution in [-0.4, -0.2) is 36.5 Å². The van der Waals surface area contributed by atoms with Crippen LogP contribution >= 0.6 is 0 Å². The van der Waals surface area contributed by atoms with Crippen molar-refractivity contribution in [3.63, 3.8) is 0 Å². The van der Waals surface area contributed by atoms with Crippen molar-refractivity contribution in [3.8, 4) is 0 Å². The van der Waals surface area contributed by atoms with Gasteiger partial charge in [0.2, 0.25) is 5.91 Å². The summed E-state index contributed by atoms with van der Waals surface area (Å²) in [5.74, 6) is -0.271. The molecule has 1 unspecified atom stereocenters. The molecular weight excluding hydrogens is 226 g/mol. The lowest BCUT2D eigenvalue weighted by Crippen LogP contribution is -2.44. The van der Waals surface area contributed by atoms with Crippen LogP contribution in [-0.2, 0) is 17.6 Å². The van der Waals surface area contributed by atoms with Crippen molar-refractivity contribution >= 4 is 5.91 Å². The molecule has 1 amide bonds. The Balaban J connectivity index is 2.04. The predicted octanol–water partition coefficient (Wildman–Crippen LogP) is 0.290. The maximum absolute atomic E-state index is 11.1. The van der Waals surface area contributed by atoms with E-state index in [-0.39, 0.29) is 11.9 Å². The van der Waals surface area contributed by atoms with Gasteiger partial charge < -0.3 is 11.5 Å². The maximum Gasteiger partial charge on any atom is 0.219 e. The molecule has 0 saturated heterocycles. The predicted molar refractivity (Wildman–Crippen MR) is 72.1 cm³/mol. The number of benzene rings is 1. The summed E-state index contributed by atoms with van der Waals surface area (Å²) in [6.07, 6.45) is 2.39. The zero-order valence-electron chi connectivity index (χ0n) is 10.6. The van der Waals surface area contributed by atoms with Gasteiger partial charge in [0, 0.05) is 32.1 Å². The zero-order chi connectivity index (χ0) is 13.0. The first-order valence-corrected chi connectivity index (χ1v) is 6.50. The van der Waals surface area contributed by atoms with Gasteiger partial charge in [-0.25, -0.2) is 0 Å². The van der Waals surface area contributed by atoms with Crippen LogP contribution in [0.5, 0.6) is 0 Å². The Kier molecular flexibility index (Phi) is 4.33. The Bertz CT molecular complexity index is 392. The summed E-state index contributed by atoms with van der Waals surface area (Å²) < 4.78 is 0. The van der Waals surface area contributed by atoms with Crippen molar-refractivity contribution in [1.82, 2.24) is 4.90 Å². The van der Waals surface area contributed by atoms with E-state index in [1.54, 1.807) is 0 Å². The van der Waals surface area contributed by atoms with Crippen molar-refractivity contribution in [3.05, 3.63) is 35.4 Å². The van der Waals surface area contributed by atoms with Crippen molar-refractivity contribution in [2.75, 3.05) is 19.6 Å². The molecule has 0 aromatic heterocycles. The largest absolute Gasteiger partial charge is 0.370 e. The first-order valence-electron chi connectivity index (χ1n) is 6.50. The van der Waals surface area contributed by atoms with Gasteiger partial charge in [0.1, 0.15) is 0 Å². The van der Waals surface area contributed by atoms with Gasteiger partial charge in [-0.3, -0.25) is 9.69 Å². The number of hydrogen-bond acceptors (Lipinski definition) is 3. The number of fused-ring (bicyclic) bond motifs is 1. The number of amides is 1. The van der Waals surface area contributed by atoms with Gasteiger partial charge in [-0.1, -0.05) is 24.3 Å². The second-order valence-electron chi connectivity index (χ2n) is 4.86. The lowest BCUT2D eigenvalue weighted by atomic mass is 10.0. The molecule has 1 aliphatic heterocycles. The van der Waals surface area contributed by atoms with Gasteiger partial charge in [-0.05, 0) is 24.0 Å². The van der Waals surface area contributed by atoms with Gasteiger partial charge in [-0.2, -0.15) is 0 Å². The van der Waals surface area contributed by atoms with Crippen molar-refractivity contribution < 1.29 is 4.79 Å². The molecule has 2 rings (SSSR count). The van der Waals surface area contributed by atoms with Gasteiger partial charge in [0.15, 0.2) is 0 Å². The molecule has 0 radical (unpaired) electrons. The van der Waals surface area contributed by atoms with Crippen LogP contribution in [0.3, 0.4) is 0 Å². The topological polar surface area (TPSA) is 72.3 Å². The van der Waals surface area contributed by atoms with E-state index in [1.165, 1.54) is 11.1 Å². The summed E-state index contributed by atoms with van der Waals surface area (Å²) in [5, 5.41) is 0. The number of primary amides is 1. The molecule has 1 heterocycles. The maximum atomic E-state index is 11.1. The fourth-order valence-electron chi connectivity index (χ4n) is 2.64.